The summed E-state index contributed by atoms with van der Waals surface area (Å²) >= 11 is 0. The minimum atomic E-state index is -0.409. The number of aromatic nitrogens is 2. The van der Waals surface area contributed by atoms with Gasteiger partial charge in [0.2, 0.25) is 0 Å². The number of aromatic hydroxyl groups is 1. The van der Waals surface area contributed by atoms with Gasteiger partial charge in [-0.2, -0.15) is 0 Å². The lowest BCUT2D eigenvalue weighted by Crippen LogP contribution is -2.46. The molecule has 1 unspecified atom stereocenters. The van der Waals surface area contributed by atoms with Gasteiger partial charge in [-0.05, 0) is 17.7 Å². The van der Waals surface area contributed by atoms with E-state index in [0.717, 1.165) is 37.1 Å². The highest BCUT2D eigenvalue weighted by molar-refractivity contribution is 5.85. The summed E-state index contributed by atoms with van der Waals surface area (Å²) in [6.45, 7) is 3.15. The summed E-state index contributed by atoms with van der Waals surface area (Å²) in [6, 6.07) is 4.35. The number of nitrogens with one attached hydrogen (secondary N) is 1. The van der Waals surface area contributed by atoms with E-state index >= 15 is 0 Å². The first-order chi connectivity index (χ1) is 10.1. The minimum absolute atomic E-state index is 0. The molecule has 7 heteroatoms. The van der Waals surface area contributed by atoms with E-state index in [-0.39, 0.29) is 24.2 Å². The van der Waals surface area contributed by atoms with Crippen molar-refractivity contribution in [1.82, 2.24) is 19.8 Å². The maximum Gasteiger partial charge on any atom is 0.127 e. The van der Waals surface area contributed by atoms with Crippen LogP contribution in [0.15, 0.2) is 30.6 Å². The molecule has 1 saturated heterocycles. The van der Waals surface area contributed by atoms with Gasteiger partial charge in [0.1, 0.15) is 17.4 Å². The summed E-state index contributed by atoms with van der Waals surface area (Å²) in [6.07, 6.45) is 3.71. The van der Waals surface area contributed by atoms with E-state index in [1.54, 1.807) is 12.3 Å². The molecule has 1 aromatic carbocycles. The van der Waals surface area contributed by atoms with E-state index in [4.69, 9.17) is 0 Å². The smallest absolute Gasteiger partial charge is 0.127 e. The van der Waals surface area contributed by atoms with Crippen molar-refractivity contribution in [2.45, 2.75) is 12.6 Å². The SMILES string of the molecule is Cl.Cn1ccnc1C1CNCCN1Cc1cc(O)cc(F)c1. The molecule has 120 valence electrons. The fourth-order valence-corrected chi connectivity index (χ4v) is 2.85. The normalized spacial score (nSPS) is 18.9. The van der Waals surface area contributed by atoms with E-state index in [9.17, 15) is 9.50 Å². The Kier molecular flexibility index (Phi) is 5.39. The average Bonchev–Trinajstić information content (AvgIpc) is 2.84. The van der Waals surface area contributed by atoms with Gasteiger partial charge in [-0.1, -0.05) is 0 Å². The number of phenolic OH excluding ortho intramolecular Hbond substituents is 1. The van der Waals surface area contributed by atoms with Gasteiger partial charge in [-0.25, -0.2) is 9.37 Å². The molecule has 0 spiro atoms. The van der Waals surface area contributed by atoms with Crippen LogP contribution in [0, 0.1) is 5.82 Å². The summed E-state index contributed by atoms with van der Waals surface area (Å²) in [5, 5.41) is 12.9. The van der Waals surface area contributed by atoms with Crippen molar-refractivity contribution >= 4 is 12.4 Å². The van der Waals surface area contributed by atoms with Crippen LogP contribution in [-0.4, -0.2) is 39.2 Å². The van der Waals surface area contributed by atoms with E-state index in [1.807, 2.05) is 17.8 Å². The maximum absolute atomic E-state index is 13.4. The van der Waals surface area contributed by atoms with Crippen molar-refractivity contribution < 1.29 is 9.50 Å². The fraction of sp³-hybridized carbons (Fsp3) is 0.400. The summed E-state index contributed by atoms with van der Waals surface area (Å²) in [5.74, 6) is 0.546. The first kappa shape index (κ1) is 16.7. The Morgan fingerprint density at radius 2 is 2.23 bits per heavy atom. The first-order valence-electron chi connectivity index (χ1n) is 7.04. The monoisotopic (exact) mass is 326 g/mol. The van der Waals surface area contributed by atoms with Gasteiger partial charge in [0.05, 0.1) is 6.04 Å². The number of halogens is 2. The lowest BCUT2D eigenvalue weighted by molar-refractivity contribution is 0.144. The Morgan fingerprint density at radius 3 is 2.91 bits per heavy atom. The highest BCUT2D eigenvalue weighted by atomic mass is 35.5. The third-order valence-electron chi connectivity index (χ3n) is 3.84. The van der Waals surface area contributed by atoms with E-state index < -0.39 is 5.82 Å². The molecule has 0 amide bonds. The number of hydrogen-bond donors (Lipinski definition) is 2. The standard InChI is InChI=1S/C15H19FN4O.ClH/c1-19-4-3-18-15(19)14-9-17-2-5-20(14)10-11-6-12(16)8-13(21)7-11;/h3-4,6-8,14,17,21H,2,5,9-10H2,1H3;1H. The molecule has 1 aliphatic rings. The van der Waals surface area contributed by atoms with Crippen molar-refractivity contribution in [2.75, 3.05) is 19.6 Å². The molecule has 22 heavy (non-hydrogen) atoms. The maximum atomic E-state index is 13.4. The number of piperazine rings is 1. The second-order valence-corrected chi connectivity index (χ2v) is 5.40. The molecule has 2 heterocycles. The van der Waals surface area contributed by atoms with Gasteiger partial charge < -0.3 is 15.0 Å². The van der Waals surface area contributed by atoms with Gasteiger partial charge in [-0.3, -0.25) is 4.90 Å². The second-order valence-electron chi connectivity index (χ2n) is 5.40. The molecule has 0 aliphatic carbocycles. The van der Waals surface area contributed by atoms with Crippen LogP contribution in [0.3, 0.4) is 0 Å². The molecule has 3 rings (SSSR count). The number of nitrogens with zero attached hydrogens (tertiary/aromatic N) is 3. The van der Waals surface area contributed by atoms with E-state index in [0.29, 0.717) is 6.54 Å². The zero-order valence-electron chi connectivity index (χ0n) is 12.4. The molecule has 5 nitrogen and oxygen atoms in total. The van der Waals surface area contributed by atoms with E-state index in [1.165, 1.54) is 6.07 Å². The molecule has 0 bridgehead atoms. The predicted octanol–water partition coefficient (Wildman–Crippen LogP) is 1.83. The predicted molar refractivity (Wildman–Crippen MR) is 84.5 cm³/mol. The zero-order valence-corrected chi connectivity index (χ0v) is 13.2. The van der Waals surface area contributed by atoms with Crippen LogP contribution in [0.25, 0.3) is 0 Å². The number of aryl methyl sites for hydroxylation is 1. The van der Waals surface area contributed by atoms with Crippen LogP contribution in [0.4, 0.5) is 4.39 Å². The van der Waals surface area contributed by atoms with Gasteiger partial charge in [0.15, 0.2) is 0 Å². The van der Waals surface area contributed by atoms with Crippen LogP contribution < -0.4 is 5.32 Å². The average molecular weight is 327 g/mol. The number of rotatable bonds is 3. The molecule has 2 aromatic rings. The third-order valence-corrected chi connectivity index (χ3v) is 3.84. The zero-order chi connectivity index (χ0) is 14.8. The Hall–Kier alpha value is -1.63. The number of benzene rings is 1. The Bertz CT molecular complexity index is 614. The van der Waals surface area contributed by atoms with Crippen molar-refractivity contribution in [3.8, 4) is 5.75 Å². The van der Waals surface area contributed by atoms with E-state index in [2.05, 4.69) is 15.2 Å². The minimum Gasteiger partial charge on any atom is -0.508 e. The topological polar surface area (TPSA) is 53.3 Å². The largest absolute Gasteiger partial charge is 0.508 e. The van der Waals surface area contributed by atoms with Gasteiger partial charge >= 0.3 is 0 Å². The third kappa shape index (κ3) is 3.58. The van der Waals surface area contributed by atoms with Crippen LogP contribution >= 0.6 is 12.4 Å². The quantitative estimate of drug-likeness (QED) is 0.903. The Balaban J connectivity index is 0.00000176. The van der Waals surface area contributed by atoms with Gasteiger partial charge in [0, 0.05) is 51.7 Å². The van der Waals surface area contributed by atoms with Crippen molar-refractivity contribution in [3.63, 3.8) is 0 Å². The molecular formula is C15H20ClFN4O. The Morgan fingerprint density at radius 1 is 1.41 bits per heavy atom. The number of hydrogen-bond acceptors (Lipinski definition) is 4. The molecule has 2 N–H and O–H groups in total. The molecular weight excluding hydrogens is 307 g/mol. The number of phenols is 1. The summed E-state index contributed by atoms with van der Waals surface area (Å²) in [7, 11) is 1.98. The summed E-state index contributed by atoms with van der Waals surface area (Å²) < 4.78 is 15.4. The molecule has 1 aliphatic heterocycles. The number of imidazole rings is 1. The summed E-state index contributed by atoms with van der Waals surface area (Å²) in [5.41, 5.74) is 0.772. The first-order valence-corrected chi connectivity index (χ1v) is 7.04. The summed E-state index contributed by atoms with van der Waals surface area (Å²) in [4.78, 5) is 6.68. The fourth-order valence-electron chi connectivity index (χ4n) is 2.85. The highest BCUT2D eigenvalue weighted by Gasteiger charge is 2.26. The molecule has 1 aromatic heterocycles. The lowest BCUT2D eigenvalue weighted by Gasteiger charge is -2.35. The van der Waals surface area contributed by atoms with Crippen LogP contribution in [0.2, 0.25) is 0 Å². The molecule has 0 saturated carbocycles. The lowest BCUT2D eigenvalue weighted by atomic mass is 10.1. The van der Waals surface area contributed by atoms with Crippen molar-refractivity contribution in [3.05, 3.63) is 47.8 Å². The molecule has 0 radical (unpaired) electrons. The van der Waals surface area contributed by atoms with Crippen LogP contribution in [0.5, 0.6) is 5.75 Å². The molecule has 1 fully saturated rings. The second kappa shape index (κ2) is 7.09. The van der Waals surface area contributed by atoms with Crippen LogP contribution in [-0.2, 0) is 13.6 Å². The van der Waals surface area contributed by atoms with Crippen molar-refractivity contribution in [1.29, 1.82) is 0 Å². The Labute approximate surface area is 135 Å². The van der Waals surface area contributed by atoms with Gasteiger partial charge in [-0.15, -0.1) is 12.4 Å². The highest BCUT2D eigenvalue weighted by Crippen LogP contribution is 2.24. The molecule has 1 atom stereocenters. The van der Waals surface area contributed by atoms with Crippen molar-refractivity contribution in [2.24, 2.45) is 7.05 Å². The van der Waals surface area contributed by atoms with Crippen LogP contribution in [0.1, 0.15) is 17.4 Å². The van der Waals surface area contributed by atoms with Gasteiger partial charge in [0.25, 0.3) is 0 Å².